The Morgan fingerprint density at radius 3 is 2.57 bits per heavy atom. The standard InChI is InChI=1S/C22H30FN5/c1-17(2)28-19(4)21(18(3)25-28)15-27(12-7-11-26-13-10-24-16-26)14-20-8-5-6-9-22(20)23/h5-6,8-10,13,16-17H,7,11-12,14-15H2,1-4H3. The third kappa shape index (κ3) is 4.87. The summed E-state index contributed by atoms with van der Waals surface area (Å²) in [6.45, 7) is 11.6. The Morgan fingerprint density at radius 2 is 1.93 bits per heavy atom. The van der Waals surface area contributed by atoms with E-state index in [1.54, 1.807) is 12.3 Å². The van der Waals surface area contributed by atoms with Crippen LogP contribution in [0.25, 0.3) is 0 Å². The zero-order valence-corrected chi connectivity index (χ0v) is 17.3. The van der Waals surface area contributed by atoms with Crippen LogP contribution in [-0.2, 0) is 19.6 Å². The molecule has 0 saturated carbocycles. The van der Waals surface area contributed by atoms with Crippen molar-refractivity contribution in [3.63, 3.8) is 0 Å². The number of hydrogen-bond donors (Lipinski definition) is 0. The van der Waals surface area contributed by atoms with Crippen molar-refractivity contribution in [1.82, 2.24) is 24.2 Å². The van der Waals surface area contributed by atoms with E-state index < -0.39 is 0 Å². The van der Waals surface area contributed by atoms with Gasteiger partial charge < -0.3 is 4.57 Å². The van der Waals surface area contributed by atoms with E-state index in [1.165, 1.54) is 17.3 Å². The topological polar surface area (TPSA) is 38.9 Å². The predicted molar refractivity (Wildman–Crippen MR) is 109 cm³/mol. The first kappa shape index (κ1) is 20.3. The number of aromatic nitrogens is 4. The van der Waals surface area contributed by atoms with Gasteiger partial charge in [-0.3, -0.25) is 9.58 Å². The minimum absolute atomic E-state index is 0.145. The molecular weight excluding hydrogens is 353 g/mol. The van der Waals surface area contributed by atoms with Gasteiger partial charge in [-0.25, -0.2) is 9.37 Å². The fourth-order valence-corrected chi connectivity index (χ4v) is 3.63. The smallest absolute Gasteiger partial charge is 0.127 e. The van der Waals surface area contributed by atoms with Crippen LogP contribution < -0.4 is 0 Å². The molecule has 0 spiro atoms. The molecule has 0 unspecified atom stereocenters. The van der Waals surface area contributed by atoms with Crippen molar-refractivity contribution < 1.29 is 4.39 Å². The normalized spacial score (nSPS) is 11.7. The fraction of sp³-hybridized carbons (Fsp3) is 0.455. The zero-order chi connectivity index (χ0) is 20.1. The first-order chi connectivity index (χ1) is 13.5. The minimum atomic E-state index is -0.145. The summed E-state index contributed by atoms with van der Waals surface area (Å²) in [5.74, 6) is -0.145. The van der Waals surface area contributed by atoms with E-state index in [9.17, 15) is 4.39 Å². The van der Waals surface area contributed by atoms with Crippen molar-refractivity contribution in [1.29, 1.82) is 0 Å². The van der Waals surface area contributed by atoms with Gasteiger partial charge >= 0.3 is 0 Å². The molecule has 28 heavy (non-hydrogen) atoms. The highest BCUT2D eigenvalue weighted by Gasteiger charge is 2.17. The summed E-state index contributed by atoms with van der Waals surface area (Å²) in [7, 11) is 0. The largest absolute Gasteiger partial charge is 0.337 e. The highest BCUT2D eigenvalue weighted by Crippen LogP contribution is 2.21. The lowest BCUT2D eigenvalue weighted by Gasteiger charge is -2.23. The van der Waals surface area contributed by atoms with Gasteiger partial charge in [0.15, 0.2) is 0 Å². The maximum absolute atomic E-state index is 14.2. The molecule has 0 atom stereocenters. The minimum Gasteiger partial charge on any atom is -0.337 e. The van der Waals surface area contributed by atoms with Gasteiger partial charge in [0.05, 0.1) is 12.0 Å². The molecule has 2 heterocycles. The summed E-state index contributed by atoms with van der Waals surface area (Å²) >= 11 is 0. The molecule has 0 amide bonds. The third-order valence-electron chi connectivity index (χ3n) is 5.15. The van der Waals surface area contributed by atoms with Gasteiger partial charge in [-0.1, -0.05) is 18.2 Å². The van der Waals surface area contributed by atoms with Gasteiger partial charge in [-0.15, -0.1) is 0 Å². The molecule has 1 aromatic carbocycles. The third-order valence-corrected chi connectivity index (χ3v) is 5.15. The second-order valence-corrected chi connectivity index (χ2v) is 7.64. The second kappa shape index (κ2) is 9.15. The molecular formula is C22H30FN5. The molecule has 0 aliphatic heterocycles. The SMILES string of the molecule is Cc1nn(C(C)C)c(C)c1CN(CCCn1ccnc1)Cc1ccccc1F. The number of aryl methyl sites for hydroxylation is 2. The number of rotatable bonds is 9. The van der Waals surface area contributed by atoms with Gasteiger partial charge in [0.2, 0.25) is 0 Å². The van der Waals surface area contributed by atoms with Crippen molar-refractivity contribution in [2.45, 2.75) is 59.8 Å². The Labute approximate surface area is 166 Å². The van der Waals surface area contributed by atoms with Crippen LogP contribution in [0.1, 0.15) is 48.8 Å². The maximum Gasteiger partial charge on any atom is 0.127 e. The second-order valence-electron chi connectivity index (χ2n) is 7.64. The summed E-state index contributed by atoms with van der Waals surface area (Å²) in [4.78, 5) is 6.41. The lowest BCUT2D eigenvalue weighted by Crippen LogP contribution is -2.26. The van der Waals surface area contributed by atoms with Crippen LogP contribution in [0.3, 0.4) is 0 Å². The lowest BCUT2D eigenvalue weighted by atomic mass is 10.1. The van der Waals surface area contributed by atoms with Gasteiger partial charge in [0.25, 0.3) is 0 Å². The summed E-state index contributed by atoms with van der Waals surface area (Å²) in [6.07, 6.45) is 6.58. The molecule has 3 rings (SSSR count). The van der Waals surface area contributed by atoms with E-state index in [1.807, 2.05) is 24.7 Å². The molecule has 0 bridgehead atoms. The van der Waals surface area contributed by atoms with Crippen LogP contribution in [0.4, 0.5) is 4.39 Å². The van der Waals surface area contributed by atoms with E-state index in [4.69, 9.17) is 5.10 Å². The molecule has 0 saturated heterocycles. The van der Waals surface area contributed by atoms with E-state index >= 15 is 0 Å². The lowest BCUT2D eigenvalue weighted by molar-refractivity contribution is 0.244. The van der Waals surface area contributed by atoms with Crippen molar-refractivity contribution in [3.8, 4) is 0 Å². The highest BCUT2D eigenvalue weighted by atomic mass is 19.1. The summed E-state index contributed by atoms with van der Waals surface area (Å²) in [5.41, 5.74) is 4.23. The summed E-state index contributed by atoms with van der Waals surface area (Å²) in [6, 6.07) is 7.37. The van der Waals surface area contributed by atoms with Crippen LogP contribution >= 0.6 is 0 Å². The first-order valence-corrected chi connectivity index (χ1v) is 9.91. The van der Waals surface area contributed by atoms with Crippen molar-refractivity contribution >= 4 is 0 Å². The molecule has 0 aliphatic rings. The first-order valence-electron chi connectivity index (χ1n) is 9.91. The van der Waals surface area contributed by atoms with Crippen LogP contribution in [0.15, 0.2) is 43.0 Å². The fourth-order valence-electron chi connectivity index (χ4n) is 3.63. The Balaban J connectivity index is 1.76. The maximum atomic E-state index is 14.2. The molecule has 5 nitrogen and oxygen atoms in total. The molecule has 0 radical (unpaired) electrons. The Bertz CT molecular complexity index is 882. The monoisotopic (exact) mass is 383 g/mol. The Hall–Kier alpha value is -2.47. The van der Waals surface area contributed by atoms with Gasteiger partial charge in [0.1, 0.15) is 5.82 Å². The molecule has 3 aromatic rings. The number of nitrogens with zero attached hydrogens (tertiary/aromatic N) is 5. The van der Waals surface area contributed by atoms with E-state index in [0.29, 0.717) is 12.6 Å². The van der Waals surface area contributed by atoms with Crippen molar-refractivity contribution in [3.05, 3.63) is 71.3 Å². The number of halogens is 1. The average molecular weight is 384 g/mol. The number of imidazole rings is 1. The Kier molecular flexibility index (Phi) is 6.62. The summed E-state index contributed by atoms with van der Waals surface area (Å²) in [5, 5.41) is 4.71. The number of benzene rings is 1. The van der Waals surface area contributed by atoms with Crippen LogP contribution in [0.2, 0.25) is 0 Å². The molecule has 6 heteroatoms. The van der Waals surface area contributed by atoms with E-state index in [2.05, 4.69) is 46.8 Å². The average Bonchev–Trinajstić information content (AvgIpc) is 3.27. The van der Waals surface area contributed by atoms with Crippen LogP contribution in [0, 0.1) is 19.7 Å². The van der Waals surface area contributed by atoms with Crippen LogP contribution in [0.5, 0.6) is 0 Å². The molecule has 150 valence electrons. The van der Waals surface area contributed by atoms with E-state index in [0.717, 1.165) is 37.3 Å². The molecule has 2 aromatic heterocycles. The van der Waals surface area contributed by atoms with Gasteiger partial charge in [-0.05, 0) is 40.2 Å². The van der Waals surface area contributed by atoms with Crippen molar-refractivity contribution in [2.24, 2.45) is 0 Å². The summed E-state index contributed by atoms with van der Waals surface area (Å²) < 4.78 is 18.4. The van der Waals surface area contributed by atoms with Gasteiger partial charge in [0, 0.05) is 61.4 Å². The predicted octanol–water partition coefficient (Wildman–Crippen LogP) is 4.51. The quantitative estimate of drug-likeness (QED) is 0.546. The van der Waals surface area contributed by atoms with E-state index in [-0.39, 0.29) is 5.82 Å². The molecule has 0 aliphatic carbocycles. The Morgan fingerprint density at radius 1 is 1.14 bits per heavy atom. The number of hydrogen-bond acceptors (Lipinski definition) is 3. The molecule has 0 N–H and O–H groups in total. The zero-order valence-electron chi connectivity index (χ0n) is 17.3. The van der Waals surface area contributed by atoms with Crippen LogP contribution in [-0.4, -0.2) is 30.8 Å². The highest BCUT2D eigenvalue weighted by molar-refractivity contribution is 5.25. The van der Waals surface area contributed by atoms with Crippen molar-refractivity contribution in [2.75, 3.05) is 6.54 Å². The molecule has 0 fully saturated rings. The van der Waals surface area contributed by atoms with Gasteiger partial charge in [-0.2, -0.15) is 5.10 Å².